The Bertz CT molecular complexity index is 493. The van der Waals surface area contributed by atoms with E-state index in [9.17, 15) is 8.42 Å². The van der Waals surface area contributed by atoms with Gasteiger partial charge < -0.3 is 5.73 Å². The smallest absolute Gasteiger partial charge is 0.241 e. The second-order valence-corrected chi connectivity index (χ2v) is 5.55. The van der Waals surface area contributed by atoms with Gasteiger partial charge in [0.05, 0.1) is 4.99 Å². The van der Waals surface area contributed by atoms with Gasteiger partial charge in [0.1, 0.15) is 5.75 Å². The van der Waals surface area contributed by atoms with Crippen LogP contribution in [0.15, 0.2) is 6.07 Å². The number of hydrogen-bond acceptors (Lipinski definition) is 5. The molecule has 0 radical (unpaired) electrons. The maximum Gasteiger partial charge on any atom is 0.241 e. The quantitative estimate of drug-likeness (QED) is 0.746. The van der Waals surface area contributed by atoms with Gasteiger partial charge in [0.25, 0.3) is 0 Å². The van der Waals surface area contributed by atoms with E-state index in [1.54, 1.807) is 19.9 Å². The molecule has 0 unspecified atom stereocenters. The lowest BCUT2D eigenvalue weighted by Crippen LogP contribution is -2.27. The standard InChI is InChI=1S/C8H12N4O2S2/c1-5-3-6(2)11-8(10-5)12-16(13,14)4-7(9)15/h3H,4H2,1-2H3,(H2,9,15)(H,10,11,12). The van der Waals surface area contributed by atoms with Gasteiger partial charge in [-0.3, -0.25) is 4.72 Å². The molecule has 0 saturated carbocycles. The van der Waals surface area contributed by atoms with Gasteiger partial charge in [-0.05, 0) is 19.9 Å². The largest absolute Gasteiger partial charge is 0.392 e. The number of sulfonamides is 1. The minimum Gasteiger partial charge on any atom is -0.392 e. The number of nitrogens with two attached hydrogens (primary N) is 1. The summed E-state index contributed by atoms with van der Waals surface area (Å²) in [5.41, 5.74) is 6.53. The first kappa shape index (κ1) is 12.8. The van der Waals surface area contributed by atoms with Crippen LogP contribution in [-0.4, -0.2) is 29.1 Å². The molecule has 1 aromatic heterocycles. The normalized spacial score (nSPS) is 11.1. The highest BCUT2D eigenvalue weighted by Crippen LogP contribution is 2.05. The molecule has 0 atom stereocenters. The number of aryl methyl sites for hydroxylation is 2. The van der Waals surface area contributed by atoms with E-state index in [4.69, 9.17) is 5.73 Å². The van der Waals surface area contributed by atoms with Crippen molar-refractivity contribution in [3.8, 4) is 0 Å². The SMILES string of the molecule is Cc1cc(C)nc(NS(=O)(=O)CC(N)=S)n1. The number of hydrogen-bond donors (Lipinski definition) is 2. The van der Waals surface area contributed by atoms with Gasteiger partial charge in [0, 0.05) is 11.4 Å². The molecule has 0 aliphatic carbocycles. The summed E-state index contributed by atoms with van der Waals surface area (Å²) in [6.07, 6.45) is 0. The molecule has 0 spiro atoms. The zero-order valence-electron chi connectivity index (χ0n) is 8.89. The minimum absolute atomic E-state index is 0.0359. The molecular weight excluding hydrogens is 248 g/mol. The van der Waals surface area contributed by atoms with Crippen molar-refractivity contribution in [1.82, 2.24) is 9.97 Å². The van der Waals surface area contributed by atoms with Crippen molar-refractivity contribution >= 4 is 33.2 Å². The Morgan fingerprint density at radius 3 is 2.38 bits per heavy atom. The zero-order valence-corrected chi connectivity index (χ0v) is 10.5. The van der Waals surface area contributed by atoms with Gasteiger partial charge in [-0.2, -0.15) is 0 Å². The molecular formula is C8H12N4O2S2. The maximum absolute atomic E-state index is 11.5. The predicted octanol–water partition coefficient (Wildman–Crippen LogP) is 0.121. The van der Waals surface area contributed by atoms with Crippen LogP contribution < -0.4 is 10.5 Å². The zero-order chi connectivity index (χ0) is 12.3. The van der Waals surface area contributed by atoms with Crippen molar-refractivity contribution in [1.29, 1.82) is 0 Å². The Hall–Kier alpha value is -1.28. The number of thiocarbonyl (C=S) groups is 1. The monoisotopic (exact) mass is 260 g/mol. The summed E-state index contributed by atoms with van der Waals surface area (Å²) in [5.74, 6) is -0.382. The van der Waals surface area contributed by atoms with Gasteiger partial charge in [0.2, 0.25) is 16.0 Å². The van der Waals surface area contributed by atoms with Crippen molar-refractivity contribution in [3.05, 3.63) is 17.5 Å². The van der Waals surface area contributed by atoms with Crippen molar-refractivity contribution in [2.45, 2.75) is 13.8 Å². The minimum atomic E-state index is -3.61. The van der Waals surface area contributed by atoms with Crippen LogP contribution in [0.4, 0.5) is 5.95 Å². The molecule has 1 rings (SSSR count). The lowest BCUT2D eigenvalue weighted by atomic mass is 10.4. The average molecular weight is 260 g/mol. The van der Waals surface area contributed by atoms with E-state index in [1.807, 2.05) is 0 Å². The molecule has 0 bridgehead atoms. The molecule has 1 heterocycles. The van der Waals surface area contributed by atoms with E-state index >= 15 is 0 Å². The van der Waals surface area contributed by atoms with Crippen molar-refractivity contribution < 1.29 is 8.42 Å². The molecule has 1 aromatic rings. The molecule has 0 aliphatic rings. The van der Waals surface area contributed by atoms with Crippen LogP contribution in [0.5, 0.6) is 0 Å². The van der Waals surface area contributed by atoms with Crippen LogP contribution in [-0.2, 0) is 10.0 Å². The van der Waals surface area contributed by atoms with E-state index in [2.05, 4.69) is 26.9 Å². The molecule has 0 aliphatic heterocycles. The third kappa shape index (κ3) is 4.07. The van der Waals surface area contributed by atoms with Gasteiger partial charge in [-0.25, -0.2) is 18.4 Å². The molecule has 0 amide bonds. The van der Waals surface area contributed by atoms with Crippen molar-refractivity contribution in [2.24, 2.45) is 5.73 Å². The molecule has 16 heavy (non-hydrogen) atoms. The van der Waals surface area contributed by atoms with Crippen molar-refractivity contribution in [2.75, 3.05) is 10.5 Å². The number of nitrogens with one attached hydrogen (secondary N) is 1. The van der Waals surface area contributed by atoms with E-state index in [0.717, 1.165) is 0 Å². The van der Waals surface area contributed by atoms with Gasteiger partial charge in [-0.1, -0.05) is 12.2 Å². The summed E-state index contributed by atoms with van der Waals surface area (Å²) in [6.45, 7) is 3.50. The van der Waals surface area contributed by atoms with Crippen LogP contribution in [0.2, 0.25) is 0 Å². The lowest BCUT2D eigenvalue weighted by Gasteiger charge is -2.06. The second kappa shape index (κ2) is 4.71. The first-order chi connectivity index (χ1) is 7.28. The van der Waals surface area contributed by atoms with Gasteiger partial charge >= 0.3 is 0 Å². The van der Waals surface area contributed by atoms with Gasteiger partial charge in [0.15, 0.2) is 0 Å². The highest BCUT2D eigenvalue weighted by molar-refractivity contribution is 7.95. The summed E-state index contributed by atoms with van der Waals surface area (Å²) in [7, 11) is -3.61. The second-order valence-electron chi connectivity index (χ2n) is 3.30. The molecule has 0 saturated heterocycles. The van der Waals surface area contributed by atoms with Crippen LogP contribution in [0.1, 0.15) is 11.4 Å². The summed E-state index contributed by atoms with van der Waals surface area (Å²) in [4.78, 5) is 7.78. The fraction of sp³-hybridized carbons (Fsp3) is 0.375. The first-order valence-electron chi connectivity index (χ1n) is 4.39. The van der Waals surface area contributed by atoms with Crippen LogP contribution in [0.3, 0.4) is 0 Å². The molecule has 8 heteroatoms. The topological polar surface area (TPSA) is 98.0 Å². The van der Waals surface area contributed by atoms with Gasteiger partial charge in [-0.15, -0.1) is 0 Å². The maximum atomic E-state index is 11.5. The summed E-state index contributed by atoms with van der Waals surface area (Å²) < 4.78 is 25.2. The highest BCUT2D eigenvalue weighted by Gasteiger charge is 2.13. The summed E-state index contributed by atoms with van der Waals surface area (Å²) in [6, 6.07) is 1.74. The number of nitrogens with zero attached hydrogens (tertiary/aromatic N) is 2. The van der Waals surface area contributed by atoms with E-state index < -0.39 is 15.8 Å². The van der Waals surface area contributed by atoms with Crippen molar-refractivity contribution in [3.63, 3.8) is 0 Å². The van der Waals surface area contributed by atoms with E-state index in [-0.39, 0.29) is 10.9 Å². The lowest BCUT2D eigenvalue weighted by molar-refractivity contribution is 0.604. The Morgan fingerprint density at radius 1 is 1.44 bits per heavy atom. The fourth-order valence-electron chi connectivity index (χ4n) is 1.13. The number of anilines is 1. The molecule has 88 valence electrons. The Balaban J connectivity index is 2.92. The molecule has 3 N–H and O–H groups in total. The molecule has 0 aromatic carbocycles. The molecule has 0 fully saturated rings. The Kier molecular flexibility index (Phi) is 3.76. The number of rotatable bonds is 4. The van der Waals surface area contributed by atoms with Crippen LogP contribution >= 0.6 is 12.2 Å². The number of aromatic nitrogens is 2. The third-order valence-electron chi connectivity index (χ3n) is 1.56. The fourth-order valence-corrected chi connectivity index (χ4v) is 2.42. The average Bonchev–Trinajstić information content (AvgIpc) is 1.95. The Labute approximate surface area is 99.3 Å². The Morgan fingerprint density at radius 2 is 1.94 bits per heavy atom. The third-order valence-corrected chi connectivity index (χ3v) is 3.07. The summed E-state index contributed by atoms with van der Waals surface area (Å²) >= 11 is 4.53. The predicted molar refractivity (Wildman–Crippen MR) is 65.7 cm³/mol. The van der Waals surface area contributed by atoms with Crippen LogP contribution in [0.25, 0.3) is 0 Å². The van der Waals surface area contributed by atoms with E-state index in [0.29, 0.717) is 11.4 Å². The summed E-state index contributed by atoms with van der Waals surface area (Å²) in [5, 5.41) is 0. The molecule has 6 nitrogen and oxygen atoms in total. The first-order valence-corrected chi connectivity index (χ1v) is 6.45. The highest BCUT2D eigenvalue weighted by atomic mass is 32.2. The van der Waals surface area contributed by atoms with E-state index in [1.165, 1.54) is 0 Å². The van der Waals surface area contributed by atoms with Crippen LogP contribution in [0, 0.1) is 13.8 Å².